The van der Waals surface area contributed by atoms with Crippen molar-refractivity contribution in [2.45, 2.75) is 53.5 Å². The number of aromatic nitrogens is 4. The minimum absolute atomic E-state index is 0.181. The van der Waals surface area contributed by atoms with E-state index in [1.54, 1.807) is 4.68 Å². The Labute approximate surface area is 113 Å². The molecule has 1 fully saturated rings. The standard InChI is InChI=1S/C13H22N4O2/c1-9(12(2,3)4)7-10-14-15-16-17(10)8-13(5-6-13)11(18)19/h9H,5-8H2,1-4H3,(H,18,19). The van der Waals surface area contributed by atoms with Gasteiger partial charge in [0.05, 0.1) is 12.0 Å². The molecule has 0 aromatic carbocycles. The summed E-state index contributed by atoms with van der Waals surface area (Å²) in [6.45, 7) is 9.12. The lowest BCUT2D eigenvalue weighted by Crippen LogP contribution is -2.26. The van der Waals surface area contributed by atoms with Gasteiger partial charge in [-0.25, -0.2) is 4.68 Å². The van der Waals surface area contributed by atoms with Gasteiger partial charge in [0.25, 0.3) is 0 Å². The molecule has 0 radical (unpaired) electrons. The van der Waals surface area contributed by atoms with E-state index < -0.39 is 11.4 Å². The Morgan fingerprint density at radius 2 is 2.11 bits per heavy atom. The van der Waals surface area contributed by atoms with Crippen molar-refractivity contribution < 1.29 is 9.90 Å². The Bertz CT molecular complexity index is 471. The number of carboxylic acids is 1. The molecular formula is C13H22N4O2. The summed E-state index contributed by atoms with van der Waals surface area (Å²) in [5, 5.41) is 20.9. The molecule has 0 saturated heterocycles. The van der Waals surface area contributed by atoms with Crippen LogP contribution >= 0.6 is 0 Å². The average Bonchev–Trinajstić information content (AvgIpc) is 2.95. The fraction of sp³-hybridized carbons (Fsp3) is 0.846. The van der Waals surface area contributed by atoms with E-state index in [2.05, 4.69) is 43.2 Å². The van der Waals surface area contributed by atoms with Crippen LogP contribution < -0.4 is 0 Å². The fourth-order valence-corrected chi connectivity index (χ4v) is 1.95. The van der Waals surface area contributed by atoms with E-state index in [1.807, 2.05) is 0 Å². The Hall–Kier alpha value is -1.46. The largest absolute Gasteiger partial charge is 0.481 e. The van der Waals surface area contributed by atoms with Crippen LogP contribution in [0.3, 0.4) is 0 Å². The van der Waals surface area contributed by atoms with Gasteiger partial charge in [-0.3, -0.25) is 4.79 Å². The highest BCUT2D eigenvalue weighted by molar-refractivity contribution is 5.77. The molecular weight excluding hydrogens is 244 g/mol. The first-order valence-corrected chi connectivity index (χ1v) is 6.73. The molecule has 1 N–H and O–H groups in total. The topological polar surface area (TPSA) is 80.9 Å². The van der Waals surface area contributed by atoms with Crippen molar-refractivity contribution in [2.24, 2.45) is 16.7 Å². The van der Waals surface area contributed by atoms with E-state index in [-0.39, 0.29) is 5.41 Å². The number of hydrogen-bond donors (Lipinski definition) is 1. The Morgan fingerprint density at radius 3 is 2.58 bits per heavy atom. The third kappa shape index (κ3) is 2.93. The summed E-state index contributed by atoms with van der Waals surface area (Å²) in [6, 6.07) is 0. The molecule has 0 bridgehead atoms. The number of nitrogens with zero attached hydrogens (tertiary/aromatic N) is 4. The lowest BCUT2D eigenvalue weighted by atomic mass is 9.80. The van der Waals surface area contributed by atoms with Crippen molar-refractivity contribution in [2.75, 3.05) is 0 Å². The molecule has 0 aliphatic heterocycles. The number of tetrazole rings is 1. The van der Waals surface area contributed by atoms with Gasteiger partial charge in [0.1, 0.15) is 0 Å². The first-order valence-electron chi connectivity index (χ1n) is 6.73. The molecule has 0 spiro atoms. The maximum Gasteiger partial charge on any atom is 0.311 e. The van der Waals surface area contributed by atoms with Crippen LogP contribution in [-0.4, -0.2) is 31.3 Å². The zero-order valence-corrected chi connectivity index (χ0v) is 12.1. The van der Waals surface area contributed by atoms with E-state index in [9.17, 15) is 9.90 Å². The van der Waals surface area contributed by atoms with Crippen LogP contribution in [0.15, 0.2) is 0 Å². The third-order valence-electron chi connectivity index (χ3n) is 4.33. The average molecular weight is 266 g/mol. The van der Waals surface area contributed by atoms with Crippen molar-refractivity contribution in [1.82, 2.24) is 20.2 Å². The van der Waals surface area contributed by atoms with Gasteiger partial charge in [0.15, 0.2) is 5.82 Å². The number of carboxylic acid groups (broad SMARTS) is 1. The first kappa shape index (κ1) is 14.0. The molecule has 19 heavy (non-hydrogen) atoms. The van der Waals surface area contributed by atoms with Gasteiger partial charge in [-0.2, -0.15) is 0 Å². The molecule has 1 aliphatic carbocycles. The molecule has 0 amide bonds. The smallest absolute Gasteiger partial charge is 0.311 e. The van der Waals surface area contributed by atoms with E-state index >= 15 is 0 Å². The molecule has 1 aliphatic rings. The van der Waals surface area contributed by atoms with Gasteiger partial charge < -0.3 is 5.11 Å². The molecule has 6 nitrogen and oxygen atoms in total. The van der Waals surface area contributed by atoms with Gasteiger partial charge in [-0.05, 0) is 34.6 Å². The van der Waals surface area contributed by atoms with E-state index in [0.717, 1.165) is 25.1 Å². The SMILES string of the molecule is CC(Cc1nnnn1CC1(C(=O)O)CC1)C(C)(C)C. The summed E-state index contributed by atoms with van der Waals surface area (Å²) in [6.07, 6.45) is 2.21. The highest BCUT2D eigenvalue weighted by atomic mass is 16.4. The van der Waals surface area contributed by atoms with Crippen molar-refractivity contribution in [3.63, 3.8) is 0 Å². The molecule has 1 unspecified atom stereocenters. The molecule has 1 heterocycles. The first-order chi connectivity index (χ1) is 8.74. The highest BCUT2D eigenvalue weighted by Gasteiger charge is 2.51. The minimum Gasteiger partial charge on any atom is -0.481 e. The Balaban J connectivity index is 2.09. The lowest BCUT2D eigenvalue weighted by molar-refractivity contribution is -0.144. The molecule has 1 aromatic heterocycles. The molecule has 1 aromatic rings. The summed E-state index contributed by atoms with van der Waals surface area (Å²) in [7, 11) is 0. The van der Waals surface area contributed by atoms with Gasteiger partial charge in [0, 0.05) is 6.42 Å². The van der Waals surface area contributed by atoms with Crippen LogP contribution in [0.2, 0.25) is 0 Å². The minimum atomic E-state index is -0.738. The molecule has 1 saturated carbocycles. The van der Waals surface area contributed by atoms with E-state index in [4.69, 9.17) is 0 Å². The highest BCUT2D eigenvalue weighted by Crippen LogP contribution is 2.47. The quantitative estimate of drug-likeness (QED) is 0.878. The van der Waals surface area contributed by atoms with Gasteiger partial charge in [0.2, 0.25) is 0 Å². The Kier molecular flexibility index (Phi) is 3.36. The summed E-state index contributed by atoms with van der Waals surface area (Å²) < 4.78 is 1.67. The Morgan fingerprint density at radius 1 is 1.47 bits per heavy atom. The molecule has 106 valence electrons. The van der Waals surface area contributed by atoms with E-state index in [1.165, 1.54) is 0 Å². The van der Waals surface area contributed by atoms with Crippen molar-refractivity contribution in [1.29, 1.82) is 0 Å². The summed E-state index contributed by atoms with van der Waals surface area (Å²) >= 11 is 0. The van der Waals surface area contributed by atoms with Crippen molar-refractivity contribution >= 4 is 5.97 Å². The van der Waals surface area contributed by atoms with Crippen molar-refractivity contribution in [3.8, 4) is 0 Å². The number of aliphatic carboxylic acids is 1. The van der Waals surface area contributed by atoms with Crippen LogP contribution in [0.1, 0.15) is 46.4 Å². The number of rotatable bonds is 5. The van der Waals surface area contributed by atoms with Crippen LogP contribution in [0.5, 0.6) is 0 Å². The summed E-state index contributed by atoms with van der Waals surface area (Å²) in [5.41, 5.74) is -0.448. The van der Waals surface area contributed by atoms with Crippen LogP contribution in [0.25, 0.3) is 0 Å². The second kappa shape index (κ2) is 4.58. The molecule has 2 rings (SSSR count). The normalized spacial score (nSPS) is 19.2. The predicted molar refractivity (Wildman–Crippen MR) is 69.4 cm³/mol. The lowest BCUT2D eigenvalue weighted by Gasteiger charge is -2.26. The van der Waals surface area contributed by atoms with Crippen LogP contribution in [0.4, 0.5) is 0 Å². The molecule has 6 heteroatoms. The maximum absolute atomic E-state index is 11.2. The second-order valence-electron chi connectivity index (χ2n) is 6.81. The van der Waals surface area contributed by atoms with E-state index in [0.29, 0.717) is 12.5 Å². The van der Waals surface area contributed by atoms with Gasteiger partial charge in [-0.1, -0.05) is 27.7 Å². The van der Waals surface area contributed by atoms with Gasteiger partial charge >= 0.3 is 5.97 Å². The molecule has 1 atom stereocenters. The van der Waals surface area contributed by atoms with Crippen molar-refractivity contribution in [3.05, 3.63) is 5.82 Å². The summed E-state index contributed by atoms with van der Waals surface area (Å²) in [4.78, 5) is 11.2. The number of hydrogen-bond acceptors (Lipinski definition) is 4. The van der Waals surface area contributed by atoms with Gasteiger partial charge in [-0.15, -0.1) is 5.10 Å². The van der Waals surface area contributed by atoms with Crippen LogP contribution in [-0.2, 0) is 17.8 Å². The number of carbonyl (C=O) groups is 1. The monoisotopic (exact) mass is 266 g/mol. The predicted octanol–water partition coefficient (Wildman–Crippen LogP) is 1.76. The zero-order valence-electron chi connectivity index (χ0n) is 12.1. The summed E-state index contributed by atoms with van der Waals surface area (Å²) in [5.74, 6) is 0.477. The fourth-order valence-electron chi connectivity index (χ4n) is 1.95. The maximum atomic E-state index is 11.2. The second-order valence-corrected chi connectivity index (χ2v) is 6.81. The zero-order chi connectivity index (χ0) is 14.3. The third-order valence-corrected chi connectivity index (χ3v) is 4.33. The van der Waals surface area contributed by atoms with Crippen LogP contribution in [0, 0.1) is 16.7 Å².